The molecule has 18 heavy (non-hydrogen) atoms. The highest BCUT2D eigenvalue weighted by atomic mass is 32.1. The van der Waals surface area contributed by atoms with Crippen LogP contribution in [0.2, 0.25) is 0 Å². The van der Waals surface area contributed by atoms with Crippen molar-refractivity contribution in [1.82, 2.24) is 15.3 Å². The van der Waals surface area contributed by atoms with Crippen LogP contribution >= 0.6 is 11.3 Å². The fraction of sp³-hybridized carbons (Fsp3) is 0.182. The van der Waals surface area contributed by atoms with Crippen LogP contribution in [0.25, 0.3) is 0 Å². The van der Waals surface area contributed by atoms with Gasteiger partial charge in [0.2, 0.25) is 0 Å². The zero-order valence-corrected chi connectivity index (χ0v) is 10.4. The summed E-state index contributed by atoms with van der Waals surface area (Å²) < 4.78 is 0. The van der Waals surface area contributed by atoms with Gasteiger partial charge in [0, 0.05) is 36.3 Å². The molecule has 2 heterocycles. The number of hydrazine groups is 1. The number of hydrogen-bond acceptors (Lipinski definition) is 6. The second-order valence-electron chi connectivity index (χ2n) is 3.51. The fourth-order valence-corrected chi connectivity index (χ4v) is 2.03. The summed E-state index contributed by atoms with van der Waals surface area (Å²) in [5.74, 6) is 5.55. The van der Waals surface area contributed by atoms with Gasteiger partial charge in [-0.05, 0) is 12.1 Å². The number of nitrogens with one attached hydrogen (secondary N) is 2. The standard InChI is InChI=1S/C11H13N5OS/c12-16-9-7-8(1-3-13-9)11(17)15-4-2-10-14-5-6-18-10/h1,3,5-7H,2,4,12H2,(H,13,16)(H,15,17). The molecule has 0 saturated carbocycles. The van der Waals surface area contributed by atoms with Crippen LogP contribution in [0.4, 0.5) is 5.82 Å². The van der Waals surface area contributed by atoms with Crippen molar-refractivity contribution in [1.29, 1.82) is 0 Å². The Morgan fingerprint density at radius 3 is 3.00 bits per heavy atom. The van der Waals surface area contributed by atoms with Gasteiger partial charge in [-0.3, -0.25) is 4.79 Å². The molecule has 94 valence electrons. The van der Waals surface area contributed by atoms with Crippen LogP contribution in [-0.2, 0) is 6.42 Å². The fourth-order valence-electron chi connectivity index (χ4n) is 1.41. The number of carbonyl (C=O) groups is 1. The maximum Gasteiger partial charge on any atom is 0.251 e. The molecule has 2 aromatic heterocycles. The van der Waals surface area contributed by atoms with Crippen molar-refractivity contribution in [3.8, 4) is 0 Å². The number of nitrogens with zero attached hydrogens (tertiary/aromatic N) is 2. The lowest BCUT2D eigenvalue weighted by atomic mass is 10.2. The monoisotopic (exact) mass is 263 g/mol. The van der Waals surface area contributed by atoms with Gasteiger partial charge in [0.1, 0.15) is 5.82 Å². The molecular formula is C11H13N5OS. The number of aromatic nitrogens is 2. The first kappa shape index (κ1) is 12.5. The van der Waals surface area contributed by atoms with Gasteiger partial charge in [0.15, 0.2) is 0 Å². The molecule has 2 rings (SSSR count). The number of hydrogen-bond donors (Lipinski definition) is 3. The van der Waals surface area contributed by atoms with E-state index < -0.39 is 0 Å². The zero-order valence-electron chi connectivity index (χ0n) is 9.59. The number of rotatable bonds is 5. The topological polar surface area (TPSA) is 92.9 Å². The van der Waals surface area contributed by atoms with E-state index in [4.69, 9.17) is 5.84 Å². The summed E-state index contributed by atoms with van der Waals surface area (Å²) in [5.41, 5.74) is 2.93. The van der Waals surface area contributed by atoms with E-state index in [1.54, 1.807) is 29.7 Å². The van der Waals surface area contributed by atoms with Crippen molar-refractivity contribution in [3.63, 3.8) is 0 Å². The predicted octanol–water partition coefficient (Wildman–Crippen LogP) is 0.796. The number of pyridine rings is 1. The summed E-state index contributed by atoms with van der Waals surface area (Å²) in [4.78, 5) is 19.9. The second-order valence-corrected chi connectivity index (χ2v) is 4.48. The molecule has 0 radical (unpaired) electrons. The Kier molecular flexibility index (Phi) is 4.21. The number of anilines is 1. The third-order valence-corrected chi connectivity index (χ3v) is 3.12. The number of thiazole rings is 1. The third kappa shape index (κ3) is 3.25. The second kappa shape index (κ2) is 6.08. The highest BCUT2D eigenvalue weighted by Gasteiger charge is 2.06. The molecule has 0 aromatic carbocycles. The van der Waals surface area contributed by atoms with Crippen molar-refractivity contribution in [2.75, 3.05) is 12.0 Å². The first-order valence-corrected chi connectivity index (χ1v) is 6.27. The average molecular weight is 263 g/mol. The Bertz CT molecular complexity index is 514. The Balaban J connectivity index is 1.87. The molecule has 0 atom stereocenters. The molecule has 2 aromatic rings. The molecule has 6 nitrogen and oxygen atoms in total. The van der Waals surface area contributed by atoms with Crippen molar-refractivity contribution in [3.05, 3.63) is 40.5 Å². The average Bonchev–Trinajstić information content (AvgIpc) is 2.92. The summed E-state index contributed by atoms with van der Waals surface area (Å²) in [7, 11) is 0. The molecule has 0 bridgehead atoms. The minimum atomic E-state index is -0.148. The van der Waals surface area contributed by atoms with Gasteiger partial charge in [0.05, 0.1) is 5.01 Å². The summed E-state index contributed by atoms with van der Waals surface area (Å²) in [6, 6.07) is 3.23. The van der Waals surface area contributed by atoms with Crippen molar-refractivity contribution in [2.24, 2.45) is 5.84 Å². The van der Waals surface area contributed by atoms with Crippen molar-refractivity contribution >= 4 is 23.1 Å². The van der Waals surface area contributed by atoms with Crippen molar-refractivity contribution < 1.29 is 4.79 Å². The Hall–Kier alpha value is -1.99. The minimum Gasteiger partial charge on any atom is -0.352 e. The molecule has 4 N–H and O–H groups in total. The smallest absolute Gasteiger partial charge is 0.251 e. The van der Waals surface area contributed by atoms with Gasteiger partial charge in [-0.15, -0.1) is 11.3 Å². The molecule has 0 spiro atoms. The molecular weight excluding hydrogens is 250 g/mol. The van der Waals surface area contributed by atoms with E-state index in [1.165, 1.54) is 6.20 Å². The van der Waals surface area contributed by atoms with E-state index in [1.807, 2.05) is 5.38 Å². The molecule has 0 aliphatic heterocycles. The van der Waals surface area contributed by atoms with Crippen LogP contribution in [0.15, 0.2) is 29.9 Å². The molecule has 0 aliphatic rings. The summed E-state index contributed by atoms with van der Waals surface area (Å²) in [6.45, 7) is 0.556. The number of nitrogens with two attached hydrogens (primary N) is 1. The lowest BCUT2D eigenvalue weighted by Gasteiger charge is -2.05. The van der Waals surface area contributed by atoms with E-state index in [9.17, 15) is 4.79 Å². The minimum absolute atomic E-state index is 0.148. The maximum atomic E-state index is 11.8. The van der Waals surface area contributed by atoms with Crippen molar-refractivity contribution in [2.45, 2.75) is 6.42 Å². The SMILES string of the molecule is NNc1cc(C(=O)NCCc2nccs2)ccn1. The van der Waals surface area contributed by atoms with E-state index >= 15 is 0 Å². The lowest BCUT2D eigenvalue weighted by molar-refractivity contribution is 0.0954. The molecule has 0 aliphatic carbocycles. The van der Waals surface area contributed by atoms with Gasteiger partial charge in [-0.2, -0.15) is 0 Å². The van der Waals surface area contributed by atoms with E-state index in [-0.39, 0.29) is 5.91 Å². The van der Waals surface area contributed by atoms with Crippen LogP contribution < -0.4 is 16.6 Å². The highest BCUT2D eigenvalue weighted by Crippen LogP contribution is 2.06. The predicted molar refractivity (Wildman–Crippen MR) is 70.2 cm³/mol. The molecule has 0 unspecified atom stereocenters. The third-order valence-electron chi connectivity index (χ3n) is 2.28. The highest BCUT2D eigenvalue weighted by molar-refractivity contribution is 7.09. The van der Waals surface area contributed by atoms with Gasteiger partial charge in [-0.1, -0.05) is 0 Å². The lowest BCUT2D eigenvalue weighted by Crippen LogP contribution is -2.26. The van der Waals surface area contributed by atoms with Crippen LogP contribution in [0.3, 0.4) is 0 Å². The van der Waals surface area contributed by atoms with Crippen LogP contribution in [0.1, 0.15) is 15.4 Å². The van der Waals surface area contributed by atoms with Gasteiger partial charge < -0.3 is 10.7 Å². The summed E-state index contributed by atoms with van der Waals surface area (Å²) in [5, 5.41) is 5.74. The van der Waals surface area contributed by atoms with E-state index in [0.717, 1.165) is 11.4 Å². The first-order chi connectivity index (χ1) is 8.79. The van der Waals surface area contributed by atoms with Crippen LogP contribution in [0, 0.1) is 0 Å². The largest absolute Gasteiger partial charge is 0.352 e. The Morgan fingerprint density at radius 1 is 1.39 bits per heavy atom. The number of nitrogen functional groups attached to an aromatic ring is 1. The Labute approximate surface area is 108 Å². The maximum absolute atomic E-state index is 11.8. The molecule has 0 fully saturated rings. The Morgan fingerprint density at radius 2 is 2.28 bits per heavy atom. The molecule has 0 saturated heterocycles. The molecule has 7 heteroatoms. The van der Waals surface area contributed by atoms with E-state index in [2.05, 4.69) is 20.7 Å². The summed E-state index contributed by atoms with van der Waals surface area (Å²) in [6.07, 6.45) is 4.02. The van der Waals surface area contributed by atoms with Gasteiger partial charge >= 0.3 is 0 Å². The number of amides is 1. The first-order valence-electron chi connectivity index (χ1n) is 5.39. The number of carbonyl (C=O) groups excluding carboxylic acids is 1. The van der Waals surface area contributed by atoms with Gasteiger partial charge in [-0.25, -0.2) is 15.8 Å². The zero-order chi connectivity index (χ0) is 12.8. The van der Waals surface area contributed by atoms with Crippen LogP contribution in [-0.4, -0.2) is 22.4 Å². The van der Waals surface area contributed by atoms with Gasteiger partial charge in [0.25, 0.3) is 5.91 Å². The quantitative estimate of drug-likeness (QED) is 0.548. The summed E-state index contributed by atoms with van der Waals surface area (Å²) >= 11 is 1.58. The van der Waals surface area contributed by atoms with E-state index in [0.29, 0.717) is 17.9 Å². The molecule has 1 amide bonds. The normalized spacial score (nSPS) is 10.1. The van der Waals surface area contributed by atoms with Crippen LogP contribution in [0.5, 0.6) is 0 Å².